The Labute approximate surface area is 146 Å². The first-order valence-electron chi connectivity index (χ1n) is 8.04. The number of hydrogen-bond donors (Lipinski definition) is 1. The van der Waals surface area contributed by atoms with Crippen molar-refractivity contribution in [2.45, 2.75) is 25.5 Å². The Morgan fingerprint density at radius 1 is 1.25 bits per heavy atom. The molecule has 126 valence electrons. The van der Waals surface area contributed by atoms with Gasteiger partial charge in [0.05, 0.1) is 0 Å². The zero-order valence-electron chi connectivity index (χ0n) is 13.3. The molecule has 1 aromatic carbocycles. The van der Waals surface area contributed by atoms with Gasteiger partial charge in [-0.05, 0) is 30.5 Å². The summed E-state index contributed by atoms with van der Waals surface area (Å²) >= 11 is 5.96. The first-order chi connectivity index (χ1) is 11.7. The summed E-state index contributed by atoms with van der Waals surface area (Å²) in [5, 5.41) is 4.03. The number of carbonyl (C=O) groups is 1. The molecule has 2 aromatic rings. The van der Waals surface area contributed by atoms with Crippen LogP contribution in [0.4, 0.5) is 10.6 Å². The molecular weight excluding hydrogens is 326 g/mol. The molecule has 3 rings (SSSR count). The van der Waals surface area contributed by atoms with E-state index < -0.39 is 0 Å². The van der Waals surface area contributed by atoms with Crippen LogP contribution in [0.5, 0.6) is 0 Å². The highest BCUT2D eigenvalue weighted by molar-refractivity contribution is 6.30. The van der Waals surface area contributed by atoms with Gasteiger partial charge in [0.15, 0.2) is 0 Å². The number of hydrogen-bond acceptors (Lipinski definition) is 4. The summed E-state index contributed by atoms with van der Waals surface area (Å²) in [6.45, 7) is 1.65. The second kappa shape index (κ2) is 8.02. The fourth-order valence-electron chi connectivity index (χ4n) is 2.71. The lowest BCUT2D eigenvalue weighted by Crippen LogP contribution is -2.42. The Balaban J connectivity index is 1.43. The average molecular weight is 346 g/mol. The molecule has 24 heavy (non-hydrogen) atoms. The van der Waals surface area contributed by atoms with Gasteiger partial charge in [-0.3, -0.25) is 0 Å². The fourth-order valence-corrected chi connectivity index (χ4v) is 2.87. The predicted molar refractivity (Wildman–Crippen MR) is 94.1 cm³/mol. The average Bonchev–Trinajstić information content (AvgIpc) is 2.61. The zero-order valence-corrected chi connectivity index (χ0v) is 14.1. The van der Waals surface area contributed by atoms with Crippen LogP contribution in [0.3, 0.4) is 0 Å². The highest BCUT2D eigenvalue weighted by atomic mass is 35.5. The van der Waals surface area contributed by atoms with Crippen LogP contribution in [0, 0.1) is 0 Å². The second-order valence-corrected chi connectivity index (χ2v) is 6.24. The van der Waals surface area contributed by atoms with E-state index in [9.17, 15) is 4.79 Å². The number of likely N-dealkylation sites (tertiary alicyclic amines) is 1. The Hall–Kier alpha value is -2.27. The molecule has 0 atom stereocenters. The molecular formula is C18H20ClN3O2. The number of pyridine rings is 1. The second-order valence-electron chi connectivity index (χ2n) is 5.81. The molecule has 1 amide bonds. The molecule has 0 unspecified atom stereocenters. The van der Waals surface area contributed by atoms with Crippen LogP contribution in [0.15, 0.2) is 48.7 Å². The Bertz CT molecular complexity index is 673. The lowest BCUT2D eigenvalue weighted by molar-refractivity contribution is 0.0881. The van der Waals surface area contributed by atoms with E-state index in [0.29, 0.717) is 24.7 Å². The third-order valence-corrected chi connectivity index (χ3v) is 4.27. The van der Waals surface area contributed by atoms with Crippen molar-refractivity contribution in [1.82, 2.24) is 9.88 Å². The van der Waals surface area contributed by atoms with Crippen LogP contribution in [-0.2, 0) is 11.3 Å². The maximum Gasteiger partial charge on any atom is 0.410 e. The highest BCUT2D eigenvalue weighted by Gasteiger charge is 2.23. The lowest BCUT2D eigenvalue weighted by atomic mass is 10.1. The van der Waals surface area contributed by atoms with E-state index in [2.05, 4.69) is 10.3 Å². The normalized spacial score (nSPS) is 15.1. The van der Waals surface area contributed by atoms with Crippen LogP contribution < -0.4 is 5.32 Å². The molecule has 1 saturated heterocycles. The standard InChI is InChI=1S/C18H20ClN3O2/c19-15-6-9-20-17(12-15)21-16-7-10-22(11-8-16)18(23)24-13-14-4-2-1-3-5-14/h1-6,9,12,16H,7-8,10-11,13H2,(H,20,21). The van der Waals surface area contributed by atoms with Gasteiger partial charge in [-0.2, -0.15) is 0 Å². The maximum absolute atomic E-state index is 12.1. The number of benzene rings is 1. The quantitative estimate of drug-likeness (QED) is 0.911. The minimum absolute atomic E-state index is 0.252. The molecule has 0 saturated carbocycles. The molecule has 1 aromatic heterocycles. The summed E-state index contributed by atoms with van der Waals surface area (Å²) in [4.78, 5) is 18.1. The largest absolute Gasteiger partial charge is 0.445 e. The molecule has 5 nitrogen and oxygen atoms in total. The van der Waals surface area contributed by atoms with E-state index in [-0.39, 0.29) is 12.1 Å². The number of nitrogens with one attached hydrogen (secondary N) is 1. The van der Waals surface area contributed by atoms with E-state index in [1.165, 1.54) is 0 Å². The smallest absolute Gasteiger partial charge is 0.410 e. The number of halogens is 1. The Morgan fingerprint density at radius 2 is 2.00 bits per heavy atom. The third kappa shape index (κ3) is 4.61. The van der Waals surface area contributed by atoms with Crippen molar-refractivity contribution in [3.63, 3.8) is 0 Å². The van der Waals surface area contributed by atoms with Gasteiger partial charge in [-0.25, -0.2) is 9.78 Å². The zero-order chi connectivity index (χ0) is 16.8. The van der Waals surface area contributed by atoms with Gasteiger partial charge in [-0.1, -0.05) is 41.9 Å². The lowest BCUT2D eigenvalue weighted by Gasteiger charge is -2.32. The van der Waals surface area contributed by atoms with Crippen molar-refractivity contribution < 1.29 is 9.53 Å². The van der Waals surface area contributed by atoms with Gasteiger partial charge >= 0.3 is 6.09 Å². The number of piperidine rings is 1. The van der Waals surface area contributed by atoms with Crippen LogP contribution in [0.1, 0.15) is 18.4 Å². The molecule has 1 fully saturated rings. The third-order valence-electron chi connectivity index (χ3n) is 4.03. The molecule has 2 heterocycles. The number of amides is 1. The number of rotatable bonds is 4. The molecule has 1 aliphatic heterocycles. The van der Waals surface area contributed by atoms with Gasteiger partial charge in [0, 0.05) is 30.4 Å². The van der Waals surface area contributed by atoms with Crippen LogP contribution in [-0.4, -0.2) is 35.1 Å². The van der Waals surface area contributed by atoms with Crippen molar-refractivity contribution in [3.05, 3.63) is 59.2 Å². The van der Waals surface area contributed by atoms with Crippen LogP contribution >= 0.6 is 11.6 Å². The Morgan fingerprint density at radius 3 is 2.71 bits per heavy atom. The first-order valence-corrected chi connectivity index (χ1v) is 8.42. The highest BCUT2D eigenvalue weighted by Crippen LogP contribution is 2.18. The van der Waals surface area contributed by atoms with Gasteiger partial charge in [0.25, 0.3) is 0 Å². The fraction of sp³-hybridized carbons (Fsp3) is 0.333. The van der Waals surface area contributed by atoms with E-state index in [4.69, 9.17) is 16.3 Å². The van der Waals surface area contributed by atoms with Crippen LogP contribution in [0.2, 0.25) is 5.02 Å². The predicted octanol–water partition coefficient (Wildman–Crippen LogP) is 3.95. The number of nitrogens with zero attached hydrogens (tertiary/aromatic N) is 2. The summed E-state index contributed by atoms with van der Waals surface area (Å²) in [6, 6.07) is 13.5. The summed E-state index contributed by atoms with van der Waals surface area (Å²) in [5.74, 6) is 0.771. The minimum Gasteiger partial charge on any atom is -0.445 e. The molecule has 0 radical (unpaired) electrons. The van der Waals surface area contributed by atoms with Crippen molar-refractivity contribution in [3.8, 4) is 0 Å². The molecule has 0 aliphatic carbocycles. The van der Waals surface area contributed by atoms with Crippen molar-refractivity contribution >= 4 is 23.5 Å². The van der Waals surface area contributed by atoms with Crippen molar-refractivity contribution in [2.24, 2.45) is 0 Å². The molecule has 1 aliphatic rings. The van der Waals surface area contributed by atoms with Crippen molar-refractivity contribution in [1.29, 1.82) is 0 Å². The number of carbonyl (C=O) groups excluding carboxylic acids is 1. The summed E-state index contributed by atoms with van der Waals surface area (Å²) < 4.78 is 5.37. The number of ether oxygens (including phenoxy) is 1. The van der Waals surface area contributed by atoms with Gasteiger partial charge in [0.1, 0.15) is 12.4 Å². The van der Waals surface area contributed by atoms with Gasteiger partial charge in [0.2, 0.25) is 0 Å². The molecule has 0 spiro atoms. The molecule has 6 heteroatoms. The van der Waals surface area contributed by atoms with Crippen LogP contribution in [0.25, 0.3) is 0 Å². The Kier molecular flexibility index (Phi) is 5.54. The first kappa shape index (κ1) is 16.6. The van der Waals surface area contributed by atoms with E-state index in [1.54, 1.807) is 17.2 Å². The van der Waals surface area contributed by atoms with E-state index in [0.717, 1.165) is 24.2 Å². The summed E-state index contributed by atoms with van der Waals surface area (Å²) in [6.07, 6.45) is 3.14. The number of aromatic nitrogens is 1. The topological polar surface area (TPSA) is 54.5 Å². The van der Waals surface area contributed by atoms with Gasteiger partial charge < -0.3 is 15.0 Å². The van der Waals surface area contributed by atoms with E-state index >= 15 is 0 Å². The summed E-state index contributed by atoms with van der Waals surface area (Å²) in [5.41, 5.74) is 0.995. The van der Waals surface area contributed by atoms with Gasteiger partial charge in [-0.15, -0.1) is 0 Å². The minimum atomic E-state index is -0.252. The van der Waals surface area contributed by atoms with E-state index in [1.807, 2.05) is 36.4 Å². The maximum atomic E-state index is 12.1. The number of anilines is 1. The monoisotopic (exact) mass is 345 g/mol. The van der Waals surface area contributed by atoms with Crippen molar-refractivity contribution in [2.75, 3.05) is 18.4 Å². The molecule has 0 bridgehead atoms. The summed E-state index contributed by atoms with van der Waals surface area (Å²) in [7, 11) is 0. The molecule has 1 N–H and O–H groups in total. The SMILES string of the molecule is O=C(OCc1ccccc1)N1CCC(Nc2cc(Cl)ccn2)CC1.